The molecule has 1 aromatic carbocycles. The van der Waals surface area contributed by atoms with Gasteiger partial charge in [0.15, 0.2) is 0 Å². The second-order valence-corrected chi connectivity index (χ2v) is 4.11. The summed E-state index contributed by atoms with van der Waals surface area (Å²) in [5.74, 6) is -1.12. The third-order valence-electron chi connectivity index (χ3n) is 1.99. The largest absolute Gasteiger partial charge is 2.00 e. The van der Waals surface area contributed by atoms with Gasteiger partial charge in [-0.15, -0.1) is 0 Å². The predicted molar refractivity (Wildman–Crippen MR) is 49.5 cm³/mol. The van der Waals surface area contributed by atoms with Crippen LogP contribution in [0.1, 0.15) is 36.7 Å². The fourth-order valence-electron chi connectivity index (χ4n) is 1.11. The van der Waals surface area contributed by atoms with Gasteiger partial charge in [0.05, 0.1) is 5.97 Å². The third kappa shape index (κ3) is 3.40. The Hall–Kier alpha value is -0.388. The number of hydrogen-bond acceptors (Lipinski definition) is 2. The molecule has 0 amide bonds. The monoisotopic (exact) mass is 291 g/mol. The molecule has 0 radical (unpaired) electrons. The van der Waals surface area contributed by atoms with Crippen molar-refractivity contribution >= 4 is 5.97 Å². The topological polar surface area (TPSA) is 40.1 Å². The van der Waals surface area contributed by atoms with Gasteiger partial charge in [-0.25, -0.2) is 0 Å². The van der Waals surface area contributed by atoms with Gasteiger partial charge in [0, 0.05) is 0 Å². The van der Waals surface area contributed by atoms with Gasteiger partial charge in [-0.1, -0.05) is 45.0 Å². The molecule has 1 rings (SSSR count). The maximum atomic E-state index is 10.5. The summed E-state index contributed by atoms with van der Waals surface area (Å²) in [6.45, 7) is 6.25. The number of aromatic carboxylic acids is 1. The van der Waals surface area contributed by atoms with Crippen molar-refractivity contribution in [3.8, 4) is 0 Å². The van der Waals surface area contributed by atoms with Crippen LogP contribution in [0, 0.1) is 0 Å². The Labute approximate surface area is 104 Å². The maximum absolute atomic E-state index is 10.5. The van der Waals surface area contributed by atoms with E-state index in [0.29, 0.717) is 0 Å². The molecular weight excluding hydrogens is 277 g/mol. The van der Waals surface area contributed by atoms with Crippen molar-refractivity contribution < 1.29 is 37.2 Å². The van der Waals surface area contributed by atoms with Gasteiger partial charge >= 0.3 is 27.3 Å². The molecule has 0 fully saturated rings. The molecule has 0 heterocycles. The molecule has 0 bridgehead atoms. The number of benzene rings is 1. The van der Waals surface area contributed by atoms with E-state index < -0.39 is 5.97 Å². The summed E-state index contributed by atoms with van der Waals surface area (Å²) in [6, 6.07) is 6.81. The van der Waals surface area contributed by atoms with E-state index in [1.165, 1.54) is 0 Å². The van der Waals surface area contributed by atoms with Crippen LogP contribution in [0.4, 0.5) is 0 Å². The van der Waals surface area contributed by atoms with E-state index in [9.17, 15) is 9.90 Å². The fourth-order valence-corrected chi connectivity index (χ4v) is 1.11. The average Bonchev–Trinajstić information content (AvgIpc) is 2.03. The van der Waals surface area contributed by atoms with E-state index in [2.05, 4.69) is 20.8 Å². The summed E-state index contributed by atoms with van der Waals surface area (Å²) in [6.07, 6.45) is 0. The van der Waals surface area contributed by atoms with Crippen LogP contribution in [0.15, 0.2) is 24.3 Å². The minimum atomic E-state index is -1.12. The zero-order valence-corrected chi connectivity index (χ0v) is 12.9. The van der Waals surface area contributed by atoms with Gasteiger partial charge in [0.1, 0.15) is 0 Å². The van der Waals surface area contributed by atoms with Crippen molar-refractivity contribution in [2.75, 3.05) is 0 Å². The van der Waals surface area contributed by atoms with Crippen molar-refractivity contribution in [2.24, 2.45) is 0 Å². The van der Waals surface area contributed by atoms with Crippen LogP contribution in [0.5, 0.6) is 0 Å². The molecule has 0 aromatic heterocycles. The minimum absolute atomic E-state index is 0. The zero-order valence-electron chi connectivity index (χ0n) is 8.83. The fraction of sp³-hybridized carbons (Fsp3) is 0.364. The Kier molecular flexibility index (Phi) is 4.77. The standard InChI is InChI=1S/C11H14O2.Cd/c1-11(2,3)9-6-4-8(5-7-9)10(12)13;/h4-7H,1-3H3,(H,12,13);/q;+2/p-1. The van der Waals surface area contributed by atoms with Gasteiger partial charge in [-0.2, -0.15) is 0 Å². The molecule has 0 saturated heterocycles. The van der Waals surface area contributed by atoms with Gasteiger partial charge in [0.25, 0.3) is 0 Å². The minimum Gasteiger partial charge on any atom is -0.545 e. The molecular formula is C11H13CdO2+. The second-order valence-electron chi connectivity index (χ2n) is 4.11. The van der Waals surface area contributed by atoms with E-state index in [0.717, 1.165) is 5.56 Å². The van der Waals surface area contributed by atoms with Crippen molar-refractivity contribution in [2.45, 2.75) is 26.2 Å². The predicted octanol–water partition coefficient (Wildman–Crippen LogP) is 1.35. The Morgan fingerprint density at radius 3 is 1.86 bits per heavy atom. The summed E-state index contributed by atoms with van der Waals surface area (Å²) >= 11 is 0. The van der Waals surface area contributed by atoms with Crippen molar-refractivity contribution in [1.82, 2.24) is 0 Å². The van der Waals surface area contributed by atoms with E-state index in [-0.39, 0.29) is 38.3 Å². The first-order chi connectivity index (χ1) is 5.91. The number of rotatable bonds is 1. The van der Waals surface area contributed by atoms with E-state index >= 15 is 0 Å². The van der Waals surface area contributed by atoms with Crippen LogP contribution in [0.2, 0.25) is 0 Å². The Bertz CT molecular complexity index is 309. The Morgan fingerprint density at radius 1 is 1.14 bits per heavy atom. The van der Waals surface area contributed by atoms with Gasteiger partial charge in [0.2, 0.25) is 0 Å². The second kappa shape index (κ2) is 4.91. The van der Waals surface area contributed by atoms with Crippen LogP contribution >= 0.6 is 0 Å². The first-order valence-electron chi connectivity index (χ1n) is 4.23. The van der Waals surface area contributed by atoms with Crippen LogP contribution in [0.3, 0.4) is 0 Å². The summed E-state index contributed by atoms with van der Waals surface area (Å²) in [7, 11) is 0. The molecule has 14 heavy (non-hydrogen) atoms. The summed E-state index contributed by atoms with van der Waals surface area (Å²) in [5.41, 5.74) is 1.41. The molecule has 0 aliphatic carbocycles. The van der Waals surface area contributed by atoms with Crippen molar-refractivity contribution in [1.29, 1.82) is 0 Å². The Morgan fingerprint density at radius 2 is 1.57 bits per heavy atom. The average molecular weight is 290 g/mol. The quantitative estimate of drug-likeness (QED) is 0.732. The van der Waals surface area contributed by atoms with E-state index in [4.69, 9.17) is 0 Å². The third-order valence-corrected chi connectivity index (χ3v) is 1.99. The number of hydrogen-bond donors (Lipinski definition) is 0. The molecule has 0 unspecified atom stereocenters. The molecule has 0 spiro atoms. The smallest absolute Gasteiger partial charge is 0.545 e. The van der Waals surface area contributed by atoms with Crippen molar-refractivity contribution in [3.05, 3.63) is 35.4 Å². The number of carboxylic acid groups (broad SMARTS) is 1. The number of carbonyl (C=O) groups excluding carboxylic acids is 1. The molecule has 0 N–H and O–H groups in total. The summed E-state index contributed by atoms with van der Waals surface area (Å²) < 4.78 is 0. The Balaban J connectivity index is 0.00000169. The van der Waals surface area contributed by atoms with Crippen LogP contribution in [-0.4, -0.2) is 5.97 Å². The van der Waals surface area contributed by atoms with Crippen LogP contribution in [-0.2, 0) is 32.7 Å². The molecule has 0 atom stereocenters. The first-order valence-corrected chi connectivity index (χ1v) is 4.23. The molecule has 1 aromatic rings. The maximum Gasteiger partial charge on any atom is 2.00 e. The van der Waals surface area contributed by atoms with Gasteiger partial charge < -0.3 is 9.90 Å². The van der Waals surface area contributed by atoms with Crippen LogP contribution in [0.25, 0.3) is 0 Å². The normalized spacial score (nSPS) is 10.5. The summed E-state index contributed by atoms with van der Waals surface area (Å²) in [5, 5.41) is 10.5. The SMILES string of the molecule is CC(C)(C)c1ccc(C(=O)[O-])cc1.[Cd+2]. The van der Waals surface area contributed by atoms with Crippen molar-refractivity contribution in [3.63, 3.8) is 0 Å². The van der Waals surface area contributed by atoms with Gasteiger partial charge in [-0.05, 0) is 16.5 Å². The zero-order chi connectivity index (χ0) is 10.1. The van der Waals surface area contributed by atoms with Crippen LogP contribution < -0.4 is 5.11 Å². The van der Waals surface area contributed by atoms with E-state index in [1.807, 2.05) is 12.1 Å². The molecule has 2 nitrogen and oxygen atoms in total. The number of carboxylic acids is 1. The molecule has 0 aliphatic heterocycles. The van der Waals surface area contributed by atoms with Gasteiger partial charge in [-0.3, -0.25) is 0 Å². The molecule has 0 aliphatic rings. The summed E-state index contributed by atoms with van der Waals surface area (Å²) in [4.78, 5) is 10.5. The first kappa shape index (κ1) is 13.6. The molecule has 0 saturated carbocycles. The number of carbonyl (C=O) groups is 1. The molecule has 3 heteroatoms. The van der Waals surface area contributed by atoms with E-state index in [1.54, 1.807) is 12.1 Å². The molecule has 70 valence electrons.